The molecule has 0 saturated carbocycles. The Hall–Kier alpha value is -2.11. The van der Waals surface area contributed by atoms with Crippen molar-refractivity contribution in [1.82, 2.24) is 0 Å². The average molecular weight is 306 g/mol. The van der Waals surface area contributed by atoms with Crippen molar-refractivity contribution in [2.24, 2.45) is 0 Å². The van der Waals surface area contributed by atoms with Crippen LogP contribution in [0.15, 0.2) is 72.8 Å². The van der Waals surface area contributed by atoms with Gasteiger partial charge in [0.15, 0.2) is 0 Å². The number of benzene rings is 3. The molecule has 0 saturated heterocycles. The Balaban J connectivity index is 2.06. The third kappa shape index (κ3) is 3.05. The van der Waals surface area contributed by atoms with Crippen LogP contribution in [0, 0.1) is 6.92 Å². The molecular formula is C20H19OP. The molecule has 0 spiro atoms. The van der Waals surface area contributed by atoms with E-state index in [0.717, 1.165) is 11.3 Å². The van der Waals surface area contributed by atoms with Gasteiger partial charge in [-0.15, -0.1) is 0 Å². The molecule has 0 N–H and O–H groups in total. The zero-order chi connectivity index (χ0) is 15.4. The van der Waals surface area contributed by atoms with Crippen LogP contribution in [0.2, 0.25) is 0 Å². The molecule has 3 aromatic carbocycles. The monoisotopic (exact) mass is 306 g/mol. The summed E-state index contributed by atoms with van der Waals surface area (Å²) in [5.41, 5.74) is 3.75. The predicted molar refractivity (Wildman–Crippen MR) is 97.2 cm³/mol. The van der Waals surface area contributed by atoms with Gasteiger partial charge in [0.25, 0.3) is 0 Å². The molecule has 0 bridgehead atoms. The second-order valence-corrected chi connectivity index (χ2v) is 6.51. The SMILES string of the molecule is COc1ccccc1-c1ccccc1Pc1ccccc1C. The van der Waals surface area contributed by atoms with Crippen LogP contribution in [0.4, 0.5) is 0 Å². The van der Waals surface area contributed by atoms with Crippen molar-refractivity contribution >= 4 is 19.2 Å². The van der Waals surface area contributed by atoms with Gasteiger partial charge < -0.3 is 4.74 Å². The van der Waals surface area contributed by atoms with Gasteiger partial charge >= 0.3 is 0 Å². The summed E-state index contributed by atoms with van der Waals surface area (Å²) < 4.78 is 5.53. The largest absolute Gasteiger partial charge is 0.496 e. The lowest BCUT2D eigenvalue weighted by molar-refractivity contribution is 0.416. The Morgan fingerprint density at radius 2 is 1.27 bits per heavy atom. The fourth-order valence-corrected chi connectivity index (χ4v) is 3.83. The number of ether oxygens (including phenoxy) is 1. The van der Waals surface area contributed by atoms with E-state index in [0.29, 0.717) is 8.58 Å². The third-order valence-electron chi connectivity index (χ3n) is 3.74. The molecule has 2 heteroatoms. The summed E-state index contributed by atoms with van der Waals surface area (Å²) in [4.78, 5) is 0. The predicted octanol–water partition coefficient (Wildman–Crippen LogP) is 4.30. The molecule has 1 atom stereocenters. The summed E-state index contributed by atoms with van der Waals surface area (Å²) in [6.07, 6.45) is 0. The van der Waals surface area contributed by atoms with Crippen molar-refractivity contribution in [3.63, 3.8) is 0 Å². The molecule has 1 unspecified atom stereocenters. The van der Waals surface area contributed by atoms with Crippen LogP contribution in [0.3, 0.4) is 0 Å². The van der Waals surface area contributed by atoms with Crippen LogP contribution in [0.5, 0.6) is 5.75 Å². The summed E-state index contributed by atoms with van der Waals surface area (Å²) in [7, 11) is 2.37. The maximum atomic E-state index is 5.53. The lowest BCUT2D eigenvalue weighted by atomic mass is 10.0. The Morgan fingerprint density at radius 1 is 0.682 bits per heavy atom. The molecule has 0 fully saturated rings. The minimum atomic E-state index is 0.642. The molecule has 3 rings (SSSR count). The van der Waals surface area contributed by atoms with Gasteiger partial charge in [0.05, 0.1) is 7.11 Å². The Bertz CT molecular complexity index is 780. The molecule has 0 heterocycles. The third-order valence-corrected chi connectivity index (χ3v) is 5.27. The fourth-order valence-electron chi connectivity index (χ4n) is 2.55. The molecule has 0 aliphatic rings. The van der Waals surface area contributed by atoms with Gasteiger partial charge in [-0.25, -0.2) is 0 Å². The van der Waals surface area contributed by atoms with Gasteiger partial charge in [-0.3, -0.25) is 0 Å². The molecule has 0 radical (unpaired) electrons. The van der Waals surface area contributed by atoms with Crippen molar-refractivity contribution in [2.75, 3.05) is 7.11 Å². The van der Waals surface area contributed by atoms with E-state index >= 15 is 0 Å². The second-order valence-electron chi connectivity index (χ2n) is 5.19. The van der Waals surface area contributed by atoms with E-state index in [4.69, 9.17) is 4.74 Å². The first-order chi connectivity index (χ1) is 10.8. The Labute approximate surface area is 133 Å². The second kappa shape index (κ2) is 6.77. The van der Waals surface area contributed by atoms with E-state index in [1.807, 2.05) is 12.1 Å². The number of hydrogen-bond donors (Lipinski definition) is 0. The van der Waals surface area contributed by atoms with Crippen molar-refractivity contribution in [2.45, 2.75) is 6.92 Å². The zero-order valence-corrected chi connectivity index (χ0v) is 13.8. The highest BCUT2D eigenvalue weighted by molar-refractivity contribution is 7.56. The number of hydrogen-bond acceptors (Lipinski definition) is 1. The van der Waals surface area contributed by atoms with Gasteiger partial charge in [-0.1, -0.05) is 75.3 Å². The Morgan fingerprint density at radius 3 is 2.00 bits per heavy atom. The van der Waals surface area contributed by atoms with E-state index in [1.54, 1.807) is 7.11 Å². The lowest BCUT2D eigenvalue weighted by Crippen LogP contribution is -2.09. The highest BCUT2D eigenvalue weighted by Gasteiger charge is 2.10. The van der Waals surface area contributed by atoms with Crippen molar-refractivity contribution < 1.29 is 4.74 Å². The molecule has 0 aromatic heterocycles. The van der Waals surface area contributed by atoms with Gasteiger partial charge in [0.2, 0.25) is 0 Å². The first kappa shape index (κ1) is 14.8. The quantitative estimate of drug-likeness (QED) is 0.653. The normalized spacial score (nSPS) is 11.0. The first-order valence-electron chi connectivity index (χ1n) is 7.34. The maximum Gasteiger partial charge on any atom is 0.126 e. The molecular weight excluding hydrogens is 287 g/mol. The van der Waals surface area contributed by atoms with E-state index in [1.165, 1.54) is 21.7 Å². The van der Waals surface area contributed by atoms with Crippen LogP contribution in [-0.2, 0) is 0 Å². The molecule has 3 aromatic rings. The van der Waals surface area contributed by atoms with Gasteiger partial charge in [-0.2, -0.15) is 0 Å². The van der Waals surface area contributed by atoms with E-state index < -0.39 is 0 Å². The molecule has 0 aliphatic carbocycles. The first-order valence-corrected chi connectivity index (χ1v) is 8.34. The summed E-state index contributed by atoms with van der Waals surface area (Å²) in [6, 6.07) is 25.4. The van der Waals surface area contributed by atoms with Crippen LogP contribution in [-0.4, -0.2) is 7.11 Å². The molecule has 0 amide bonds. The van der Waals surface area contributed by atoms with Gasteiger partial charge in [0, 0.05) is 5.56 Å². The number of para-hydroxylation sites is 1. The van der Waals surface area contributed by atoms with Crippen molar-refractivity contribution in [3.8, 4) is 16.9 Å². The summed E-state index contributed by atoms with van der Waals surface area (Å²) >= 11 is 0. The summed E-state index contributed by atoms with van der Waals surface area (Å²) in [5, 5.41) is 2.74. The van der Waals surface area contributed by atoms with Gasteiger partial charge in [0.1, 0.15) is 5.75 Å². The van der Waals surface area contributed by atoms with Crippen LogP contribution in [0.1, 0.15) is 5.56 Å². The average Bonchev–Trinajstić information content (AvgIpc) is 2.57. The van der Waals surface area contributed by atoms with E-state index in [-0.39, 0.29) is 0 Å². The molecule has 110 valence electrons. The van der Waals surface area contributed by atoms with Crippen molar-refractivity contribution in [1.29, 1.82) is 0 Å². The van der Waals surface area contributed by atoms with Crippen molar-refractivity contribution in [3.05, 3.63) is 78.4 Å². The topological polar surface area (TPSA) is 9.23 Å². The van der Waals surface area contributed by atoms with E-state index in [2.05, 4.69) is 67.6 Å². The summed E-state index contributed by atoms with van der Waals surface area (Å²) in [6.45, 7) is 2.17. The molecule has 22 heavy (non-hydrogen) atoms. The fraction of sp³-hybridized carbons (Fsp3) is 0.100. The lowest BCUT2D eigenvalue weighted by Gasteiger charge is -2.14. The maximum absolute atomic E-state index is 5.53. The Kier molecular flexibility index (Phi) is 4.56. The molecule has 1 nitrogen and oxygen atoms in total. The smallest absolute Gasteiger partial charge is 0.126 e. The molecule has 0 aliphatic heterocycles. The van der Waals surface area contributed by atoms with E-state index in [9.17, 15) is 0 Å². The van der Waals surface area contributed by atoms with Crippen LogP contribution in [0.25, 0.3) is 11.1 Å². The zero-order valence-electron chi connectivity index (χ0n) is 12.8. The highest BCUT2D eigenvalue weighted by Crippen LogP contribution is 2.31. The highest BCUT2D eigenvalue weighted by atomic mass is 31.1. The minimum absolute atomic E-state index is 0.642. The standard InChI is InChI=1S/C20H19OP/c1-15-9-3-7-13-19(15)22-20-14-8-5-11-17(20)16-10-4-6-12-18(16)21-2/h3-14,22H,1-2H3. The minimum Gasteiger partial charge on any atom is -0.496 e. The van der Waals surface area contributed by atoms with Gasteiger partial charge in [-0.05, 0) is 34.7 Å². The number of methoxy groups -OCH3 is 1. The van der Waals surface area contributed by atoms with Crippen LogP contribution < -0.4 is 15.3 Å². The number of rotatable bonds is 4. The summed E-state index contributed by atoms with van der Waals surface area (Å²) in [5.74, 6) is 0.921. The number of aryl methyl sites for hydroxylation is 1. The van der Waals surface area contributed by atoms with Crippen LogP contribution >= 0.6 is 8.58 Å².